The van der Waals surface area contributed by atoms with Crippen molar-refractivity contribution in [3.05, 3.63) is 36.8 Å². The maximum atomic E-state index is 13.1. The second-order valence-corrected chi connectivity index (χ2v) is 6.79. The van der Waals surface area contributed by atoms with Crippen LogP contribution in [0.4, 0.5) is 11.5 Å². The summed E-state index contributed by atoms with van der Waals surface area (Å²) in [4.78, 5) is 19.9. The van der Waals surface area contributed by atoms with Crippen LogP contribution >= 0.6 is 0 Å². The van der Waals surface area contributed by atoms with E-state index >= 15 is 0 Å². The standard InChI is InChI=1S/C18H24N6O/c25-17(18(6-9-19-10-7-18)24-13-3-8-21-24)22-15-4-5-16(20-14-15)23-11-1-2-12-23/h3-5,8,13-14,19H,1-2,6-7,9-12H2,(H,22,25). The number of nitrogens with one attached hydrogen (secondary N) is 2. The van der Waals surface area contributed by atoms with Crippen molar-refractivity contribution in [3.8, 4) is 0 Å². The van der Waals surface area contributed by atoms with Gasteiger partial charge in [-0.25, -0.2) is 4.98 Å². The third-order valence-corrected chi connectivity index (χ3v) is 5.23. The molecule has 4 rings (SSSR count). The van der Waals surface area contributed by atoms with Crippen molar-refractivity contribution in [3.63, 3.8) is 0 Å². The number of anilines is 2. The Hall–Kier alpha value is -2.41. The van der Waals surface area contributed by atoms with Gasteiger partial charge in [0.2, 0.25) is 0 Å². The first kappa shape index (κ1) is 16.1. The molecule has 0 aliphatic carbocycles. The zero-order valence-corrected chi connectivity index (χ0v) is 14.3. The Kier molecular flexibility index (Phi) is 4.40. The summed E-state index contributed by atoms with van der Waals surface area (Å²) in [5.41, 5.74) is 0.0977. The molecule has 0 bridgehead atoms. The van der Waals surface area contributed by atoms with Crippen LogP contribution in [0.15, 0.2) is 36.8 Å². The average Bonchev–Trinajstić information content (AvgIpc) is 3.37. The number of piperidine rings is 1. The molecule has 4 heterocycles. The van der Waals surface area contributed by atoms with Gasteiger partial charge in [0.25, 0.3) is 5.91 Å². The first-order valence-electron chi connectivity index (χ1n) is 9.01. The first-order chi connectivity index (χ1) is 12.3. The zero-order valence-electron chi connectivity index (χ0n) is 14.3. The molecule has 0 aromatic carbocycles. The number of carbonyl (C=O) groups is 1. The zero-order chi connectivity index (χ0) is 17.1. The molecule has 2 N–H and O–H groups in total. The number of hydrogen-bond acceptors (Lipinski definition) is 5. The lowest BCUT2D eigenvalue weighted by atomic mass is 9.87. The first-order valence-corrected chi connectivity index (χ1v) is 9.01. The molecule has 2 saturated heterocycles. The van der Waals surface area contributed by atoms with Gasteiger partial charge in [-0.2, -0.15) is 5.10 Å². The third-order valence-electron chi connectivity index (χ3n) is 5.23. The Labute approximate surface area is 147 Å². The minimum Gasteiger partial charge on any atom is -0.357 e. The molecule has 0 atom stereocenters. The molecule has 0 spiro atoms. The highest BCUT2D eigenvalue weighted by Crippen LogP contribution is 2.29. The number of hydrogen-bond donors (Lipinski definition) is 2. The molecule has 0 saturated carbocycles. The van der Waals surface area contributed by atoms with Gasteiger partial charge in [0.1, 0.15) is 11.4 Å². The number of rotatable bonds is 4. The quantitative estimate of drug-likeness (QED) is 0.884. The van der Waals surface area contributed by atoms with E-state index < -0.39 is 5.54 Å². The van der Waals surface area contributed by atoms with Gasteiger partial charge in [0.05, 0.1) is 11.9 Å². The van der Waals surface area contributed by atoms with Crippen molar-refractivity contribution in [2.45, 2.75) is 31.2 Å². The molecule has 2 aliphatic heterocycles. The Balaban J connectivity index is 1.51. The summed E-state index contributed by atoms with van der Waals surface area (Å²) in [5, 5.41) is 10.7. The van der Waals surface area contributed by atoms with E-state index in [9.17, 15) is 4.79 Å². The Morgan fingerprint density at radius 2 is 2.00 bits per heavy atom. The molecule has 2 aliphatic rings. The highest BCUT2D eigenvalue weighted by Gasteiger charge is 2.42. The number of aromatic nitrogens is 3. The van der Waals surface area contributed by atoms with Crippen LogP contribution in [0, 0.1) is 0 Å². The molecule has 25 heavy (non-hydrogen) atoms. The van der Waals surface area contributed by atoms with E-state index in [1.165, 1.54) is 12.8 Å². The molecule has 2 aromatic heterocycles. The number of amides is 1. The van der Waals surface area contributed by atoms with Crippen LogP contribution in [0.2, 0.25) is 0 Å². The maximum absolute atomic E-state index is 13.1. The number of pyridine rings is 1. The molecule has 7 heteroatoms. The van der Waals surface area contributed by atoms with Crippen molar-refractivity contribution in [2.75, 3.05) is 36.4 Å². The fraction of sp³-hybridized carbons (Fsp3) is 0.500. The molecule has 7 nitrogen and oxygen atoms in total. The largest absolute Gasteiger partial charge is 0.357 e. The van der Waals surface area contributed by atoms with E-state index in [1.807, 2.05) is 24.4 Å². The van der Waals surface area contributed by atoms with Gasteiger partial charge in [-0.1, -0.05) is 0 Å². The van der Waals surface area contributed by atoms with Gasteiger partial charge in [-0.05, 0) is 57.0 Å². The van der Waals surface area contributed by atoms with Crippen LogP contribution in [0.5, 0.6) is 0 Å². The minimum atomic E-state index is -0.637. The molecule has 2 fully saturated rings. The van der Waals surface area contributed by atoms with Crippen molar-refractivity contribution in [1.82, 2.24) is 20.1 Å². The predicted octanol–water partition coefficient (Wildman–Crippen LogP) is 1.60. The summed E-state index contributed by atoms with van der Waals surface area (Å²) in [6.07, 6.45) is 9.24. The molecular formula is C18H24N6O. The lowest BCUT2D eigenvalue weighted by molar-refractivity contribution is -0.126. The summed E-state index contributed by atoms with van der Waals surface area (Å²) in [6, 6.07) is 5.80. The van der Waals surface area contributed by atoms with Crippen LogP contribution < -0.4 is 15.5 Å². The predicted molar refractivity (Wildman–Crippen MR) is 96.6 cm³/mol. The van der Waals surface area contributed by atoms with Crippen molar-refractivity contribution in [1.29, 1.82) is 0 Å². The van der Waals surface area contributed by atoms with E-state index in [1.54, 1.807) is 17.1 Å². The topological polar surface area (TPSA) is 75.1 Å². The molecule has 2 aromatic rings. The Morgan fingerprint density at radius 1 is 1.20 bits per heavy atom. The van der Waals surface area contributed by atoms with Crippen LogP contribution in [0.1, 0.15) is 25.7 Å². The second-order valence-electron chi connectivity index (χ2n) is 6.79. The summed E-state index contributed by atoms with van der Waals surface area (Å²) >= 11 is 0. The highest BCUT2D eigenvalue weighted by atomic mass is 16.2. The maximum Gasteiger partial charge on any atom is 0.252 e. The van der Waals surface area contributed by atoms with E-state index in [2.05, 4.69) is 25.6 Å². The summed E-state index contributed by atoms with van der Waals surface area (Å²) in [5.74, 6) is 0.965. The summed E-state index contributed by atoms with van der Waals surface area (Å²) < 4.78 is 1.80. The molecule has 1 amide bonds. The molecule has 132 valence electrons. The van der Waals surface area contributed by atoms with Gasteiger partial charge < -0.3 is 15.5 Å². The third kappa shape index (κ3) is 3.11. The van der Waals surface area contributed by atoms with Gasteiger partial charge in [-0.3, -0.25) is 9.48 Å². The van der Waals surface area contributed by atoms with Gasteiger partial charge >= 0.3 is 0 Å². The van der Waals surface area contributed by atoms with Crippen molar-refractivity contribution in [2.24, 2.45) is 0 Å². The molecular weight excluding hydrogens is 316 g/mol. The normalized spacial score (nSPS) is 19.8. The van der Waals surface area contributed by atoms with Crippen LogP contribution in [0.25, 0.3) is 0 Å². The molecule has 0 radical (unpaired) electrons. The van der Waals surface area contributed by atoms with Crippen molar-refractivity contribution >= 4 is 17.4 Å². The Bertz CT molecular complexity index is 700. The number of nitrogens with zero attached hydrogens (tertiary/aromatic N) is 4. The van der Waals surface area contributed by atoms with E-state index in [0.29, 0.717) is 0 Å². The lowest BCUT2D eigenvalue weighted by Crippen LogP contribution is -2.52. The summed E-state index contributed by atoms with van der Waals surface area (Å²) in [6.45, 7) is 3.74. The van der Waals surface area contributed by atoms with Gasteiger partial charge in [0, 0.05) is 25.5 Å². The minimum absolute atomic E-state index is 0.0200. The molecule has 0 unspecified atom stereocenters. The van der Waals surface area contributed by atoms with Crippen LogP contribution in [-0.4, -0.2) is 46.9 Å². The van der Waals surface area contributed by atoms with E-state index in [-0.39, 0.29) is 5.91 Å². The van der Waals surface area contributed by atoms with Gasteiger partial charge in [-0.15, -0.1) is 0 Å². The monoisotopic (exact) mass is 340 g/mol. The fourth-order valence-corrected chi connectivity index (χ4v) is 3.76. The average molecular weight is 340 g/mol. The van der Waals surface area contributed by atoms with Gasteiger partial charge in [0.15, 0.2) is 0 Å². The number of carbonyl (C=O) groups excluding carboxylic acids is 1. The van der Waals surface area contributed by atoms with E-state index in [4.69, 9.17) is 0 Å². The highest BCUT2D eigenvalue weighted by molar-refractivity contribution is 5.96. The summed E-state index contributed by atoms with van der Waals surface area (Å²) in [7, 11) is 0. The van der Waals surface area contributed by atoms with E-state index in [0.717, 1.165) is 50.5 Å². The SMILES string of the molecule is O=C(Nc1ccc(N2CCCC2)nc1)C1(n2cccn2)CCNCC1. The van der Waals surface area contributed by atoms with Crippen molar-refractivity contribution < 1.29 is 4.79 Å². The van der Waals surface area contributed by atoms with Crippen LogP contribution in [0.3, 0.4) is 0 Å². The second kappa shape index (κ2) is 6.84. The fourth-order valence-electron chi connectivity index (χ4n) is 3.76. The Morgan fingerprint density at radius 3 is 2.64 bits per heavy atom. The lowest BCUT2D eigenvalue weighted by Gasteiger charge is -2.36. The smallest absolute Gasteiger partial charge is 0.252 e. The van der Waals surface area contributed by atoms with Crippen LogP contribution in [-0.2, 0) is 10.3 Å².